The van der Waals surface area contributed by atoms with Crippen LogP contribution >= 0.6 is 11.3 Å². The van der Waals surface area contributed by atoms with Gasteiger partial charge in [0.05, 0.1) is 0 Å². The van der Waals surface area contributed by atoms with E-state index in [9.17, 15) is 9.59 Å². The summed E-state index contributed by atoms with van der Waals surface area (Å²) in [6.07, 6.45) is 1.80. The van der Waals surface area contributed by atoms with Crippen LogP contribution in [0.1, 0.15) is 18.4 Å². The first kappa shape index (κ1) is 21.5. The summed E-state index contributed by atoms with van der Waals surface area (Å²) in [5.74, 6) is 0.700. The Morgan fingerprint density at radius 1 is 1.09 bits per heavy atom. The molecule has 0 aliphatic carbocycles. The minimum atomic E-state index is -0.438. The number of thiazole rings is 1. The second-order valence-corrected chi connectivity index (χ2v) is 9.31. The summed E-state index contributed by atoms with van der Waals surface area (Å²) in [7, 11) is 1.71. The Kier molecular flexibility index (Phi) is 5.78. The molecular weight excluding hydrogens is 434 g/mol. The molecule has 33 heavy (non-hydrogen) atoms. The number of hydrogen-bond donors (Lipinski definition) is 1. The van der Waals surface area contributed by atoms with Crippen LogP contribution in [-0.4, -0.2) is 38.9 Å². The number of anilines is 1. The van der Waals surface area contributed by atoms with Gasteiger partial charge in [-0.05, 0) is 18.4 Å². The molecule has 1 aliphatic heterocycles. The fourth-order valence-corrected chi connectivity index (χ4v) is 5.41. The molecule has 2 N–H and O–H groups in total. The number of carbonyl (C=O) groups is 1. The number of nitrogens with zero attached hydrogens (tertiary/aromatic N) is 4. The van der Waals surface area contributed by atoms with E-state index < -0.39 is 6.04 Å². The van der Waals surface area contributed by atoms with Crippen LogP contribution in [0.3, 0.4) is 0 Å². The topological polar surface area (TPSA) is 94.1 Å². The number of rotatable bonds is 6. The lowest BCUT2D eigenvalue weighted by Gasteiger charge is -2.25. The molecule has 8 heteroatoms. The molecule has 0 spiro atoms. The summed E-state index contributed by atoms with van der Waals surface area (Å²) in [4.78, 5) is 38.1. The van der Waals surface area contributed by atoms with E-state index in [1.807, 2.05) is 65.6 Å². The Morgan fingerprint density at radius 3 is 2.52 bits per heavy atom. The highest BCUT2D eigenvalue weighted by atomic mass is 32.1. The fourth-order valence-electron chi connectivity index (χ4n) is 4.41. The molecule has 0 unspecified atom stereocenters. The zero-order valence-electron chi connectivity index (χ0n) is 18.3. The quantitative estimate of drug-likeness (QED) is 0.476. The molecule has 1 aliphatic rings. The Bertz CT molecular complexity index is 1350. The first-order valence-electron chi connectivity index (χ1n) is 11.0. The van der Waals surface area contributed by atoms with Gasteiger partial charge < -0.3 is 10.6 Å². The Labute approximate surface area is 195 Å². The van der Waals surface area contributed by atoms with Crippen LogP contribution in [0, 0.1) is 0 Å². The molecule has 1 saturated heterocycles. The number of aryl methyl sites for hydroxylation is 1. The number of hydrogen-bond acceptors (Lipinski definition) is 7. The van der Waals surface area contributed by atoms with E-state index in [0.717, 1.165) is 11.1 Å². The molecule has 4 aromatic rings. The molecule has 168 valence electrons. The summed E-state index contributed by atoms with van der Waals surface area (Å²) in [6, 6.07) is 18.9. The second-order valence-electron chi connectivity index (χ2n) is 8.36. The maximum absolute atomic E-state index is 13.2. The van der Waals surface area contributed by atoms with Crippen molar-refractivity contribution < 1.29 is 4.79 Å². The van der Waals surface area contributed by atoms with Crippen LogP contribution in [0.25, 0.3) is 21.7 Å². The molecule has 0 amide bonds. The number of Topliss-reactive ketones (excluding diaryl/α,β-unsaturated/α-hetero) is 1. The van der Waals surface area contributed by atoms with E-state index in [2.05, 4.69) is 4.98 Å². The summed E-state index contributed by atoms with van der Waals surface area (Å²) in [6.45, 7) is 0.634. The van der Waals surface area contributed by atoms with Gasteiger partial charge in [0.2, 0.25) is 0 Å². The van der Waals surface area contributed by atoms with Crippen molar-refractivity contribution in [3.8, 4) is 11.4 Å². The van der Waals surface area contributed by atoms with Gasteiger partial charge in [0.25, 0.3) is 5.56 Å². The average Bonchev–Trinajstić information content (AvgIpc) is 3.44. The maximum atomic E-state index is 13.2. The van der Waals surface area contributed by atoms with Crippen molar-refractivity contribution >= 4 is 32.6 Å². The minimum Gasteiger partial charge on any atom is -0.336 e. The highest BCUT2D eigenvalue weighted by Crippen LogP contribution is 2.33. The Morgan fingerprint density at radius 2 is 1.79 bits per heavy atom. The number of carbonyl (C=O) groups excluding carboxylic acids is 1. The molecule has 0 saturated carbocycles. The molecule has 0 radical (unpaired) electrons. The van der Waals surface area contributed by atoms with Crippen molar-refractivity contribution in [3.05, 3.63) is 76.6 Å². The van der Waals surface area contributed by atoms with Gasteiger partial charge in [-0.3, -0.25) is 14.2 Å². The first-order chi connectivity index (χ1) is 16.0. The standard InChI is InChI=1S/C25H25N5O2S/c1-29-22(17-10-6-3-7-11-17)28-23-20(24(29)32)27-25(33-23)30-15-14-18(26)21(30)19(31)13-12-16-8-4-2-5-9-16/h2-11,18,21H,12-15,26H2,1H3/t18-,21+/m0/s1. The normalized spacial score (nSPS) is 18.2. The van der Waals surface area contributed by atoms with Crippen LogP contribution in [-0.2, 0) is 18.3 Å². The molecule has 7 nitrogen and oxygen atoms in total. The summed E-state index contributed by atoms with van der Waals surface area (Å²) >= 11 is 1.35. The van der Waals surface area contributed by atoms with Gasteiger partial charge in [-0.2, -0.15) is 0 Å². The van der Waals surface area contributed by atoms with E-state index in [0.29, 0.717) is 47.1 Å². The van der Waals surface area contributed by atoms with Crippen molar-refractivity contribution in [2.75, 3.05) is 11.4 Å². The molecule has 2 aromatic heterocycles. The van der Waals surface area contributed by atoms with E-state index >= 15 is 0 Å². The third kappa shape index (κ3) is 4.07. The van der Waals surface area contributed by atoms with Crippen LogP contribution in [0.4, 0.5) is 5.13 Å². The van der Waals surface area contributed by atoms with Crippen molar-refractivity contribution in [2.45, 2.75) is 31.3 Å². The Balaban J connectivity index is 1.45. The summed E-state index contributed by atoms with van der Waals surface area (Å²) < 4.78 is 1.53. The van der Waals surface area contributed by atoms with Crippen LogP contribution in [0.15, 0.2) is 65.5 Å². The largest absolute Gasteiger partial charge is 0.336 e. The highest BCUT2D eigenvalue weighted by Gasteiger charge is 2.38. The number of ketones is 1. The molecule has 3 heterocycles. The minimum absolute atomic E-state index is 0.106. The van der Waals surface area contributed by atoms with Gasteiger partial charge in [-0.25, -0.2) is 9.97 Å². The SMILES string of the molecule is Cn1c(-c2ccccc2)nc2sc(N3CC[C@H](N)[C@@H]3C(=O)CCc3ccccc3)nc2c1=O. The number of benzene rings is 2. The van der Waals surface area contributed by atoms with Gasteiger partial charge in [-0.15, -0.1) is 0 Å². The first-order valence-corrected chi connectivity index (χ1v) is 11.9. The molecule has 2 aromatic carbocycles. The third-order valence-corrected chi connectivity index (χ3v) is 7.17. The monoisotopic (exact) mass is 459 g/mol. The number of aromatic nitrogens is 3. The second kappa shape index (κ2) is 8.88. The lowest BCUT2D eigenvalue weighted by molar-refractivity contribution is -0.120. The van der Waals surface area contributed by atoms with Gasteiger partial charge in [0.15, 0.2) is 21.3 Å². The van der Waals surface area contributed by atoms with Crippen molar-refractivity contribution in [1.82, 2.24) is 14.5 Å². The maximum Gasteiger partial charge on any atom is 0.281 e. The van der Waals surface area contributed by atoms with E-state index in [-0.39, 0.29) is 17.4 Å². The van der Waals surface area contributed by atoms with Crippen molar-refractivity contribution in [2.24, 2.45) is 12.8 Å². The Hall–Kier alpha value is -3.36. The predicted octanol–water partition coefficient (Wildman–Crippen LogP) is 3.16. The number of nitrogens with two attached hydrogens (primary N) is 1. The smallest absolute Gasteiger partial charge is 0.281 e. The molecule has 1 fully saturated rings. The van der Waals surface area contributed by atoms with Crippen LogP contribution in [0.5, 0.6) is 0 Å². The van der Waals surface area contributed by atoms with Crippen molar-refractivity contribution in [3.63, 3.8) is 0 Å². The van der Waals surface area contributed by atoms with E-state index in [1.54, 1.807) is 7.05 Å². The molecule has 5 rings (SSSR count). The fraction of sp³-hybridized carbons (Fsp3) is 0.280. The lowest BCUT2D eigenvalue weighted by atomic mass is 9.99. The van der Waals surface area contributed by atoms with Gasteiger partial charge in [0.1, 0.15) is 11.9 Å². The summed E-state index contributed by atoms with van der Waals surface area (Å²) in [5.41, 5.74) is 8.48. The van der Waals surface area contributed by atoms with Gasteiger partial charge in [0, 0.05) is 31.6 Å². The van der Waals surface area contributed by atoms with Gasteiger partial charge in [-0.1, -0.05) is 72.0 Å². The molecular formula is C25H25N5O2S. The number of fused-ring (bicyclic) bond motifs is 1. The zero-order chi connectivity index (χ0) is 22.9. The predicted molar refractivity (Wildman–Crippen MR) is 132 cm³/mol. The van der Waals surface area contributed by atoms with Gasteiger partial charge >= 0.3 is 0 Å². The van der Waals surface area contributed by atoms with Crippen molar-refractivity contribution in [1.29, 1.82) is 0 Å². The molecule has 0 bridgehead atoms. The summed E-state index contributed by atoms with van der Waals surface area (Å²) in [5, 5.41) is 0.630. The van der Waals surface area contributed by atoms with Crippen LogP contribution in [0.2, 0.25) is 0 Å². The third-order valence-electron chi connectivity index (χ3n) is 6.19. The van der Waals surface area contributed by atoms with E-state index in [1.165, 1.54) is 15.9 Å². The lowest BCUT2D eigenvalue weighted by Crippen LogP contribution is -2.45. The van der Waals surface area contributed by atoms with Crippen LogP contribution < -0.4 is 16.2 Å². The zero-order valence-corrected chi connectivity index (χ0v) is 19.2. The van der Waals surface area contributed by atoms with E-state index in [4.69, 9.17) is 10.7 Å². The highest BCUT2D eigenvalue weighted by molar-refractivity contribution is 7.21. The average molecular weight is 460 g/mol. The molecule has 2 atom stereocenters.